The number of nitrogens with zero attached hydrogens (tertiary/aromatic N) is 1. The van der Waals surface area contributed by atoms with Crippen LogP contribution in [0.15, 0.2) is 29.3 Å². The second kappa shape index (κ2) is 8.25. The number of aliphatic imine (C=N–C) groups is 1. The number of nitrogens with two attached hydrogens (primary N) is 1. The lowest BCUT2D eigenvalue weighted by atomic mass is 10.2. The highest BCUT2D eigenvalue weighted by Crippen LogP contribution is 2.17. The van der Waals surface area contributed by atoms with Crippen molar-refractivity contribution in [1.29, 1.82) is 0 Å². The van der Waals surface area contributed by atoms with E-state index in [1.54, 1.807) is 0 Å². The van der Waals surface area contributed by atoms with Gasteiger partial charge in [0.2, 0.25) is 5.91 Å². The van der Waals surface area contributed by atoms with Crippen molar-refractivity contribution in [3.8, 4) is 0 Å². The van der Waals surface area contributed by atoms with Crippen LogP contribution in [0.25, 0.3) is 0 Å². The predicted octanol–water partition coefficient (Wildman–Crippen LogP) is 1.22. The molecule has 0 aliphatic heterocycles. The Bertz CT molecular complexity index is 450. The van der Waals surface area contributed by atoms with Crippen molar-refractivity contribution in [3.63, 3.8) is 0 Å². The maximum absolute atomic E-state index is 10.9. The van der Waals surface area contributed by atoms with Gasteiger partial charge in [-0.2, -0.15) is 0 Å². The smallest absolute Gasteiger partial charge is 0.217 e. The zero-order valence-corrected chi connectivity index (χ0v) is 11.9. The van der Waals surface area contributed by atoms with E-state index in [0.717, 1.165) is 11.3 Å². The Morgan fingerprint density at radius 2 is 2.16 bits per heavy atom. The molecule has 0 heterocycles. The van der Waals surface area contributed by atoms with Crippen LogP contribution >= 0.6 is 12.1 Å². The molecule has 0 saturated heterocycles. The molecule has 6 nitrogen and oxygen atoms in total. The summed E-state index contributed by atoms with van der Waals surface area (Å²) in [5, 5.41) is 2.76. The molecule has 0 aliphatic rings. The fourth-order valence-electron chi connectivity index (χ4n) is 1.33. The topological polar surface area (TPSA) is 91.5 Å². The molecule has 104 valence electrons. The minimum absolute atomic E-state index is 0.0556. The van der Waals surface area contributed by atoms with Crippen LogP contribution in [0.5, 0.6) is 0 Å². The van der Waals surface area contributed by atoms with Crippen molar-refractivity contribution in [2.75, 3.05) is 11.3 Å². The van der Waals surface area contributed by atoms with Crippen molar-refractivity contribution in [2.24, 2.45) is 10.7 Å². The molecular formula is C12H19N5OS. The number of nitrogens with one attached hydrogen (secondary N) is 3. The molecule has 0 spiro atoms. The van der Waals surface area contributed by atoms with E-state index in [0.29, 0.717) is 19.0 Å². The Balaban J connectivity index is 2.53. The molecule has 0 aliphatic carbocycles. The van der Waals surface area contributed by atoms with E-state index < -0.39 is 0 Å². The first-order chi connectivity index (χ1) is 9.13. The average Bonchev–Trinajstić information content (AvgIpc) is 2.38. The van der Waals surface area contributed by atoms with Gasteiger partial charge in [-0.1, -0.05) is 18.2 Å². The molecular weight excluding hydrogens is 262 g/mol. The zero-order valence-electron chi connectivity index (χ0n) is 11.1. The minimum atomic E-state index is -0.0556. The van der Waals surface area contributed by atoms with E-state index in [9.17, 15) is 4.79 Å². The fourth-order valence-corrected chi connectivity index (χ4v) is 1.86. The Labute approximate surface area is 117 Å². The molecule has 7 heteroatoms. The molecule has 0 bridgehead atoms. The Morgan fingerprint density at radius 1 is 1.42 bits per heavy atom. The normalized spacial score (nSPS) is 10.9. The van der Waals surface area contributed by atoms with Crippen molar-refractivity contribution in [3.05, 3.63) is 29.8 Å². The standard InChI is InChI=1S/C12H19N5OS/c1-3-14-12(13)17-19-16-11-7-5-4-6-10(11)8-15-9(2)18/h4-7,16H,3,8H2,1-2H3,(H,15,18)(H3,13,14,17). The van der Waals surface area contributed by atoms with Gasteiger partial charge < -0.3 is 15.8 Å². The molecule has 0 fully saturated rings. The third-order valence-electron chi connectivity index (χ3n) is 2.19. The number of para-hydroxylation sites is 1. The third-order valence-corrected chi connectivity index (χ3v) is 2.82. The lowest BCUT2D eigenvalue weighted by Crippen LogP contribution is -2.27. The monoisotopic (exact) mass is 281 g/mol. The van der Waals surface area contributed by atoms with Crippen LogP contribution < -0.4 is 20.5 Å². The highest BCUT2D eigenvalue weighted by Gasteiger charge is 2.02. The first-order valence-electron chi connectivity index (χ1n) is 5.93. The number of benzene rings is 1. The van der Waals surface area contributed by atoms with Crippen LogP contribution in [0.3, 0.4) is 0 Å². The summed E-state index contributed by atoms with van der Waals surface area (Å²) in [5.74, 6) is 0.319. The summed E-state index contributed by atoms with van der Waals surface area (Å²) in [6.45, 7) is 4.53. The van der Waals surface area contributed by atoms with E-state index >= 15 is 0 Å². The Kier molecular flexibility index (Phi) is 6.59. The summed E-state index contributed by atoms with van der Waals surface area (Å²) in [4.78, 5) is 14.9. The van der Waals surface area contributed by atoms with E-state index in [2.05, 4.69) is 19.8 Å². The summed E-state index contributed by atoms with van der Waals surface area (Å²) in [6, 6.07) is 7.72. The van der Waals surface area contributed by atoms with Gasteiger partial charge in [0.1, 0.15) is 0 Å². The molecule has 1 rings (SSSR count). The molecule has 1 aromatic carbocycles. The van der Waals surface area contributed by atoms with Gasteiger partial charge >= 0.3 is 0 Å². The van der Waals surface area contributed by atoms with Crippen molar-refractivity contribution in [2.45, 2.75) is 20.4 Å². The number of carbonyl (C=O) groups excluding carboxylic acids is 1. The van der Waals surface area contributed by atoms with Gasteiger partial charge in [-0.25, -0.2) is 0 Å². The van der Waals surface area contributed by atoms with E-state index in [1.807, 2.05) is 31.2 Å². The van der Waals surface area contributed by atoms with E-state index in [4.69, 9.17) is 5.73 Å². The number of rotatable bonds is 6. The van der Waals surface area contributed by atoms with Gasteiger partial charge in [-0.3, -0.25) is 14.5 Å². The van der Waals surface area contributed by atoms with Crippen LogP contribution in [-0.4, -0.2) is 18.4 Å². The van der Waals surface area contributed by atoms with Crippen LogP contribution in [0.2, 0.25) is 0 Å². The van der Waals surface area contributed by atoms with Crippen LogP contribution in [0.1, 0.15) is 19.4 Å². The number of hydrogen-bond donors (Lipinski definition) is 4. The summed E-state index contributed by atoms with van der Waals surface area (Å²) in [5.41, 5.74) is 7.52. The molecule has 0 saturated carbocycles. The zero-order chi connectivity index (χ0) is 14.1. The number of guanidine groups is 1. The van der Waals surface area contributed by atoms with Gasteiger partial charge in [0.25, 0.3) is 0 Å². The van der Waals surface area contributed by atoms with E-state index in [-0.39, 0.29) is 5.91 Å². The highest BCUT2D eigenvalue weighted by atomic mass is 32.2. The quantitative estimate of drug-likeness (QED) is 0.357. The minimum Gasteiger partial charge on any atom is -0.369 e. The lowest BCUT2D eigenvalue weighted by Gasteiger charge is -2.11. The second-order valence-electron chi connectivity index (χ2n) is 3.73. The summed E-state index contributed by atoms with van der Waals surface area (Å²) in [7, 11) is 0. The van der Waals surface area contributed by atoms with Gasteiger partial charge in [0.05, 0.1) is 17.8 Å². The second-order valence-corrected chi connectivity index (χ2v) is 4.35. The molecule has 19 heavy (non-hydrogen) atoms. The molecule has 1 aromatic rings. The molecule has 1 amide bonds. The molecule has 0 radical (unpaired) electrons. The van der Waals surface area contributed by atoms with Crippen LogP contribution in [0, 0.1) is 0 Å². The number of anilines is 1. The summed E-state index contributed by atoms with van der Waals surface area (Å²) >= 11 is 1.23. The first-order valence-corrected chi connectivity index (χ1v) is 6.75. The number of hydrogen-bond acceptors (Lipinski definition) is 4. The Morgan fingerprint density at radius 3 is 2.84 bits per heavy atom. The van der Waals surface area contributed by atoms with Crippen molar-refractivity contribution >= 4 is 29.7 Å². The van der Waals surface area contributed by atoms with Gasteiger partial charge in [0.15, 0.2) is 5.96 Å². The molecule has 0 aromatic heterocycles. The first kappa shape index (κ1) is 15.2. The predicted molar refractivity (Wildman–Crippen MR) is 80.5 cm³/mol. The highest BCUT2D eigenvalue weighted by molar-refractivity contribution is 7.99. The maximum Gasteiger partial charge on any atom is 0.217 e. The summed E-state index contributed by atoms with van der Waals surface area (Å²) in [6.07, 6.45) is 0. The fraction of sp³-hybridized carbons (Fsp3) is 0.333. The SMILES string of the molecule is CCN=C(N)NSNc1ccccc1CNC(C)=O. The van der Waals surface area contributed by atoms with E-state index in [1.165, 1.54) is 19.1 Å². The lowest BCUT2D eigenvalue weighted by molar-refractivity contribution is -0.119. The largest absolute Gasteiger partial charge is 0.369 e. The van der Waals surface area contributed by atoms with Crippen molar-refractivity contribution in [1.82, 2.24) is 10.0 Å². The van der Waals surface area contributed by atoms with Gasteiger partial charge in [-0.05, 0) is 18.6 Å². The van der Waals surface area contributed by atoms with Crippen LogP contribution in [-0.2, 0) is 11.3 Å². The maximum atomic E-state index is 10.9. The average molecular weight is 281 g/mol. The number of amides is 1. The number of carbonyl (C=O) groups is 1. The molecule has 0 atom stereocenters. The third kappa shape index (κ3) is 6.01. The Hall–Kier alpha value is -1.89. The summed E-state index contributed by atoms with van der Waals surface area (Å²) < 4.78 is 5.99. The van der Waals surface area contributed by atoms with Crippen molar-refractivity contribution < 1.29 is 4.79 Å². The van der Waals surface area contributed by atoms with Gasteiger partial charge in [-0.15, -0.1) is 0 Å². The molecule has 0 unspecified atom stereocenters. The molecule has 5 N–H and O–H groups in total. The van der Waals surface area contributed by atoms with Crippen LogP contribution in [0.4, 0.5) is 5.69 Å². The van der Waals surface area contributed by atoms with Gasteiger partial charge in [0, 0.05) is 20.0 Å².